The van der Waals surface area contributed by atoms with Crippen molar-refractivity contribution in [2.75, 3.05) is 0 Å². The van der Waals surface area contributed by atoms with Crippen LogP contribution in [0.4, 0.5) is 0 Å². The first-order valence-corrected chi connectivity index (χ1v) is 5.62. The predicted octanol–water partition coefficient (Wildman–Crippen LogP) is 3.39. The number of rotatable bonds is 3. The van der Waals surface area contributed by atoms with Crippen molar-refractivity contribution in [2.45, 2.75) is 32.6 Å². The number of carbonyl (C=O) groups is 1. The quantitative estimate of drug-likeness (QED) is 0.731. The molecule has 15 heavy (non-hydrogen) atoms. The maximum Gasteiger partial charge on any atom is 0.156 e. The van der Waals surface area contributed by atoms with E-state index in [-0.39, 0.29) is 5.78 Å². The summed E-state index contributed by atoms with van der Waals surface area (Å²) in [5.74, 6) is 0.266. The fourth-order valence-electron chi connectivity index (χ4n) is 2.00. The first-order valence-electron chi connectivity index (χ1n) is 5.62. The van der Waals surface area contributed by atoms with Gasteiger partial charge in [-0.2, -0.15) is 0 Å². The minimum atomic E-state index is 0.266. The Bertz CT molecular complexity index is 384. The number of hydrogen-bond donors (Lipinski definition) is 0. The molecule has 0 saturated carbocycles. The number of carbonyl (C=O) groups excluding carboxylic acids is 1. The van der Waals surface area contributed by atoms with Crippen LogP contribution in [0, 0.1) is 0 Å². The van der Waals surface area contributed by atoms with Crippen LogP contribution in [0.1, 0.15) is 37.3 Å². The first-order chi connectivity index (χ1) is 7.29. The number of ketones is 1. The van der Waals surface area contributed by atoms with Crippen LogP contribution in [0.15, 0.2) is 30.3 Å². The third-order valence-corrected chi connectivity index (χ3v) is 2.84. The Morgan fingerprint density at radius 1 is 1.13 bits per heavy atom. The molecule has 78 valence electrons. The molecule has 0 radical (unpaired) electrons. The highest BCUT2D eigenvalue weighted by atomic mass is 16.1. The Labute approximate surface area is 90.8 Å². The summed E-state index contributed by atoms with van der Waals surface area (Å²) < 4.78 is 0. The lowest BCUT2D eigenvalue weighted by atomic mass is 10.0. The van der Waals surface area contributed by atoms with Gasteiger partial charge < -0.3 is 0 Å². The fraction of sp³-hybridized carbons (Fsp3) is 0.357. The molecule has 1 aliphatic carbocycles. The van der Waals surface area contributed by atoms with Crippen LogP contribution in [-0.4, -0.2) is 5.78 Å². The zero-order valence-electron chi connectivity index (χ0n) is 9.12. The van der Waals surface area contributed by atoms with Crippen LogP contribution in [0.25, 0.3) is 5.57 Å². The number of aryl methyl sites for hydroxylation is 1. The molecule has 1 nitrogen and oxygen atoms in total. The van der Waals surface area contributed by atoms with Gasteiger partial charge in [-0.1, -0.05) is 37.6 Å². The molecule has 0 fully saturated rings. The molecule has 1 aromatic rings. The van der Waals surface area contributed by atoms with E-state index in [1.807, 2.05) is 0 Å². The normalized spacial score (nSPS) is 15.5. The molecule has 0 N–H and O–H groups in total. The highest BCUT2D eigenvalue weighted by molar-refractivity contribution is 6.01. The third kappa shape index (κ3) is 2.35. The molecule has 0 aliphatic heterocycles. The number of allylic oxidation sites excluding steroid dienone is 2. The van der Waals surface area contributed by atoms with Gasteiger partial charge in [0.15, 0.2) is 5.78 Å². The van der Waals surface area contributed by atoms with Gasteiger partial charge in [-0.15, -0.1) is 0 Å². The molecular formula is C14H16O. The van der Waals surface area contributed by atoms with Gasteiger partial charge in [0.1, 0.15) is 0 Å². The summed E-state index contributed by atoms with van der Waals surface area (Å²) in [4.78, 5) is 11.1. The molecule has 0 amide bonds. The molecule has 0 heterocycles. The molecule has 0 saturated heterocycles. The predicted molar refractivity (Wildman–Crippen MR) is 62.7 cm³/mol. The molecule has 1 aromatic carbocycles. The minimum Gasteiger partial charge on any atom is -0.295 e. The summed E-state index contributed by atoms with van der Waals surface area (Å²) in [5, 5.41) is 0. The average Bonchev–Trinajstić information content (AvgIpc) is 2.67. The molecule has 0 aromatic heterocycles. The monoisotopic (exact) mass is 200 g/mol. The van der Waals surface area contributed by atoms with Crippen molar-refractivity contribution in [3.63, 3.8) is 0 Å². The minimum absolute atomic E-state index is 0.266. The molecular weight excluding hydrogens is 184 g/mol. The smallest absolute Gasteiger partial charge is 0.156 e. The van der Waals surface area contributed by atoms with Crippen LogP contribution >= 0.6 is 0 Å². The van der Waals surface area contributed by atoms with Crippen LogP contribution in [0.2, 0.25) is 0 Å². The Balaban J connectivity index is 2.17. The maximum atomic E-state index is 11.1. The van der Waals surface area contributed by atoms with Gasteiger partial charge in [0.2, 0.25) is 0 Å². The lowest BCUT2D eigenvalue weighted by Gasteiger charge is -2.03. The number of benzene rings is 1. The summed E-state index contributed by atoms with van der Waals surface area (Å²) in [6, 6.07) is 8.61. The van der Waals surface area contributed by atoms with Gasteiger partial charge in [-0.25, -0.2) is 0 Å². The SMILES string of the molecule is CCCc1ccc(C2=CC(=O)CC2)cc1. The summed E-state index contributed by atoms with van der Waals surface area (Å²) in [5.41, 5.74) is 3.79. The van der Waals surface area contributed by atoms with E-state index in [4.69, 9.17) is 0 Å². The van der Waals surface area contributed by atoms with Crippen molar-refractivity contribution in [3.05, 3.63) is 41.5 Å². The molecule has 1 aliphatic rings. The second-order valence-electron chi connectivity index (χ2n) is 4.08. The van der Waals surface area contributed by atoms with E-state index in [9.17, 15) is 4.79 Å². The fourth-order valence-corrected chi connectivity index (χ4v) is 2.00. The van der Waals surface area contributed by atoms with E-state index in [0.29, 0.717) is 6.42 Å². The Morgan fingerprint density at radius 2 is 1.87 bits per heavy atom. The van der Waals surface area contributed by atoms with E-state index in [0.717, 1.165) is 12.8 Å². The first kappa shape index (κ1) is 10.2. The summed E-state index contributed by atoms with van der Waals surface area (Å²) in [6.45, 7) is 2.19. The zero-order chi connectivity index (χ0) is 10.7. The summed E-state index contributed by atoms with van der Waals surface area (Å²) in [6.07, 6.45) is 5.70. The van der Waals surface area contributed by atoms with Crippen molar-refractivity contribution >= 4 is 11.4 Å². The third-order valence-electron chi connectivity index (χ3n) is 2.84. The Hall–Kier alpha value is -1.37. The van der Waals surface area contributed by atoms with Gasteiger partial charge in [0.05, 0.1) is 0 Å². The topological polar surface area (TPSA) is 17.1 Å². The average molecular weight is 200 g/mol. The second kappa shape index (κ2) is 4.43. The highest BCUT2D eigenvalue weighted by Gasteiger charge is 2.12. The lowest BCUT2D eigenvalue weighted by Crippen LogP contribution is -1.85. The van der Waals surface area contributed by atoms with Gasteiger partial charge in [0, 0.05) is 6.42 Å². The van der Waals surface area contributed by atoms with E-state index in [1.165, 1.54) is 23.1 Å². The zero-order valence-corrected chi connectivity index (χ0v) is 9.12. The van der Waals surface area contributed by atoms with Crippen LogP contribution in [0.5, 0.6) is 0 Å². The van der Waals surface area contributed by atoms with Crippen molar-refractivity contribution in [1.82, 2.24) is 0 Å². The van der Waals surface area contributed by atoms with Crippen molar-refractivity contribution in [1.29, 1.82) is 0 Å². The van der Waals surface area contributed by atoms with Crippen molar-refractivity contribution < 1.29 is 4.79 Å². The van der Waals surface area contributed by atoms with Crippen molar-refractivity contribution in [3.8, 4) is 0 Å². The summed E-state index contributed by atoms with van der Waals surface area (Å²) in [7, 11) is 0. The Morgan fingerprint density at radius 3 is 2.40 bits per heavy atom. The maximum absolute atomic E-state index is 11.1. The van der Waals surface area contributed by atoms with E-state index in [2.05, 4.69) is 31.2 Å². The van der Waals surface area contributed by atoms with Crippen LogP contribution in [-0.2, 0) is 11.2 Å². The molecule has 0 atom stereocenters. The molecule has 0 spiro atoms. The molecule has 1 heteroatoms. The van der Waals surface area contributed by atoms with E-state index < -0.39 is 0 Å². The van der Waals surface area contributed by atoms with Gasteiger partial charge in [-0.05, 0) is 35.6 Å². The standard InChI is InChI=1S/C14H16O/c1-2-3-11-4-6-12(7-5-11)13-8-9-14(15)10-13/h4-7,10H,2-3,8-9H2,1H3. The van der Waals surface area contributed by atoms with Gasteiger partial charge >= 0.3 is 0 Å². The largest absolute Gasteiger partial charge is 0.295 e. The highest BCUT2D eigenvalue weighted by Crippen LogP contribution is 2.25. The Kier molecular flexibility index (Phi) is 3.00. The van der Waals surface area contributed by atoms with Gasteiger partial charge in [-0.3, -0.25) is 4.79 Å². The molecule has 0 unspecified atom stereocenters. The van der Waals surface area contributed by atoms with Crippen LogP contribution in [0.3, 0.4) is 0 Å². The lowest BCUT2D eigenvalue weighted by molar-refractivity contribution is -0.114. The van der Waals surface area contributed by atoms with Crippen molar-refractivity contribution in [2.24, 2.45) is 0 Å². The van der Waals surface area contributed by atoms with E-state index >= 15 is 0 Å². The molecule has 0 bridgehead atoms. The summed E-state index contributed by atoms with van der Waals surface area (Å²) >= 11 is 0. The number of hydrogen-bond acceptors (Lipinski definition) is 1. The van der Waals surface area contributed by atoms with Gasteiger partial charge in [0.25, 0.3) is 0 Å². The molecule has 2 rings (SSSR count). The van der Waals surface area contributed by atoms with E-state index in [1.54, 1.807) is 6.08 Å². The van der Waals surface area contributed by atoms with Crippen LogP contribution < -0.4 is 0 Å². The second-order valence-corrected chi connectivity index (χ2v) is 4.08.